The molecule has 31 heavy (non-hydrogen) atoms. The van der Waals surface area contributed by atoms with Crippen LogP contribution in [-0.2, 0) is 6.54 Å². The Kier molecular flexibility index (Phi) is 6.20. The predicted molar refractivity (Wildman–Crippen MR) is 128 cm³/mol. The average molecular weight is 412 g/mol. The molecule has 0 atom stereocenters. The van der Waals surface area contributed by atoms with Crippen molar-refractivity contribution < 1.29 is 4.57 Å². The summed E-state index contributed by atoms with van der Waals surface area (Å²) in [7, 11) is 0. The first-order valence-electron chi connectivity index (χ1n) is 10.7. The van der Waals surface area contributed by atoms with E-state index in [4.69, 9.17) is 17.0 Å². The number of hydrogen-bond donors (Lipinski definition) is 2. The number of aryl methyl sites for hydroxylation is 1. The molecule has 0 aliphatic carbocycles. The molecule has 6 nitrogen and oxygen atoms in total. The highest BCUT2D eigenvalue weighted by molar-refractivity contribution is 6.10. The van der Waals surface area contributed by atoms with E-state index in [1.54, 1.807) is 0 Å². The Morgan fingerprint density at radius 3 is 2.26 bits per heavy atom. The number of hydrogen-bond acceptors (Lipinski definition) is 3. The van der Waals surface area contributed by atoms with Crippen molar-refractivity contribution in [3.8, 4) is 11.3 Å². The number of aromatic nitrogens is 1. The Balaban J connectivity index is 1.84. The highest BCUT2D eigenvalue weighted by Crippen LogP contribution is 2.33. The summed E-state index contributed by atoms with van der Waals surface area (Å²) in [5.74, 6) is 0. The fraction of sp³-hybridized carbons (Fsp3) is 0.240. The molecule has 0 aliphatic rings. The number of fused-ring (bicyclic) bond motifs is 3. The maximum Gasteiger partial charge on any atom is 0.220 e. The lowest BCUT2D eigenvalue weighted by Crippen LogP contribution is -2.37. The van der Waals surface area contributed by atoms with Gasteiger partial charge in [0.2, 0.25) is 11.2 Å². The van der Waals surface area contributed by atoms with Crippen LogP contribution in [0, 0.1) is 0 Å². The van der Waals surface area contributed by atoms with Gasteiger partial charge in [0.05, 0.1) is 10.8 Å². The third kappa shape index (κ3) is 4.39. The third-order valence-electron chi connectivity index (χ3n) is 5.67. The van der Waals surface area contributed by atoms with Crippen molar-refractivity contribution in [2.24, 2.45) is 5.11 Å². The Labute approximate surface area is 181 Å². The van der Waals surface area contributed by atoms with Crippen LogP contribution in [0.25, 0.3) is 43.4 Å². The molecule has 0 aliphatic heterocycles. The number of benzene rings is 3. The quantitative estimate of drug-likeness (QED) is 0.0707. The number of nitrogens with two attached hydrogens (primary N) is 2. The fourth-order valence-electron chi connectivity index (χ4n) is 4.25. The molecule has 0 spiro atoms. The lowest BCUT2D eigenvalue weighted by molar-refractivity contribution is -0.659. The first-order chi connectivity index (χ1) is 15.2. The van der Waals surface area contributed by atoms with Crippen molar-refractivity contribution >= 4 is 33.1 Å². The molecule has 156 valence electrons. The van der Waals surface area contributed by atoms with E-state index in [-0.39, 0.29) is 0 Å². The summed E-state index contributed by atoms with van der Waals surface area (Å²) in [4.78, 5) is 2.82. The number of anilines is 2. The Morgan fingerprint density at radius 2 is 1.48 bits per heavy atom. The van der Waals surface area contributed by atoms with E-state index in [1.807, 2.05) is 18.2 Å². The summed E-state index contributed by atoms with van der Waals surface area (Å²) in [5, 5.41) is 7.12. The molecule has 0 unspecified atom stereocenters. The van der Waals surface area contributed by atoms with Crippen LogP contribution in [0.4, 0.5) is 11.4 Å². The van der Waals surface area contributed by atoms with Crippen LogP contribution in [-0.4, -0.2) is 6.54 Å². The van der Waals surface area contributed by atoms with E-state index in [2.05, 4.69) is 63.1 Å². The molecule has 0 amide bonds. The van der Waals surface area contributed by atoms with Gasteiger partial charge in [-0.05, 0) is 54.8 Å². The molecular formula is C25H27N6+. The minimum Gasteiger partial charge on any atom is -0.399 e. The number of unbranched alkanes of at least 4 members (excludes halogenated alkanes) is 3. The van der Waals surface area contributed by atoms with E-state index in [1.165, 1.54) is 10.8 Å². The van der Waals surface area contributed by atoms with Crippen LogP contribution in [0.2, 0.25) is 0 Å². The van der Waals surface area contributed by atoms with E-state index in [0.29, 0.717) is 6.54 Å². The fourth-order valence-corrected chi connectivity index (χ4v) is 4.25. The second-order valence-electron chi connectivity index (χ2n) is 7.82. The second-order valence-corrected chi connectivity index (χ2v) is 7.82. The zero-order valence-corrected chi connectivity index (χ0v) is 17.5. The largest absolute Gasteiger partial charge is 0.399 e. The topological polar surface area (TPSA) is 105 Å². The van der Waals surface area contributed by atoms with Crippen molar-refractivity contribution in [3.05, 3.63) is 77.2 Å². The van der Waals surface area contributed by atoms with Gasteiger partial charge < -0.3 is 11.5 Å². The minimum atomic E-state index is 0.563. The molecule has 1 aromatic heterocycles. The van der Waals surface area contributed by atoms with Gasteiger partial charge in [0.25, 0.3) is 0 Å². The number of rotatable bonds is 8. The maximum absolute atomic E-state index is 8.42. The SMILES string of the molecule is [N-]=[N+]=NCCCCCC[n+]1c(-c2ccccc2)c2cc(N)ccc2c2ccc(N)cc21. The molecule has 1 heterocycles. The highest BCUT2D eigenvalue weighted by atomic mass is 15.1. The maximum atomic E-state index is 8.42. The van der Waals surface area contributed by atoms with Gasteiger partial charge >= 0.3 is 0 Å². The van der Waals surface area contributed by atoms with Gasteiger partial charge in [0, 0.05) is 46.3 Å². The molecule has 4 rings (SSSR count). The zero-order chi connectivity index (χ0) is 21.6. The summed E-state index contributed by atoms with van der Waals surface area (Å²) in [6.07, 6.45) is 4.06. The molecule has 6 heteroatoms. The average Bonchev–Trinajstić information content (AvgIpc) is 2.78. The summed E-state index contributed by atoms with van der Waals surface area (Å²) in [6.45, 7) is 1.43. The van der Waals surface area contributed by atoms with Crippen molar-refractivity contribution in [3.63, 3.8) is 0 Å². The van der Waals surface area contributed by atoms with E-state index < -0.39 is 0 Å². The normalized spacial score (nSPS) is 11.0. The van der Waals surface area contributed by atoms with Crippen LogP contribution in [0.5, 0.6) is 0 Å². The number of nitrogen functional groups attached to an aromatic ring is 2. The van der Waals surface area contributed by atoms with Crippen LogP contribution in [0.15, 0.2) is 71.8 Å². The van der Waals surface area contributed by atoms with Gasteiger partial charge in [-0.1, -0.05) is 35.8 Å². The van der Waals surface area contributed by atoms with Gasteiger partial charge in [-0.3, -0.25) is 0 Å². The van der Waals surface area contributed by atoms with Gasteiger partial charge in [0.1, 0.15) is 6.54 Å². The summed E-state index contributed by atoms with van der Waals surface area (Å²) >= 11 is 0. The highest BCUT2D eigenvalue weighted by Gasteiger charge is 2.23. The first kappa shape index (κ1) is 20.5. The molecule has 0 radical (unpaired) electrons. The third-order valence-corrected chi connectivity index (χ3v) is 5.67. The lowest BCUT2D eigenvalue weighted by atomic mass is 9.98. The predicted octanol–water partition coefficient (Wildman–Crippen LogP) is 5.98. The van der Waals surface area contributed by atoms with Crippen LogP contribution >= 0.6 is 0 Å². The molecule has 4 N–H and O–H groups in total. The summed E-state index contributed by atoms with van der Waals surface area (Å²) < 4.78 is 2.39. The van der Waals surface area contributed by atoms with Crippen molar-refractivity contribution in [1.82, 2.24) is 0 Å². The first-order valence-corrected chi connectivity index (χ1v) is 10.7. The van der Waals surface area contributed by atoms with Gasteiger partial charge in [-0.25, -0.2) is 0 Å². The van der Waals surface area contributed by atoms with Crippen molar-refractivity contribution in [1.29, 1.82) is 0 Å². The molecular weight excluding hydrogens is 384 g/mol. The van der Waals surface area contributed by atoms with Crippen LogP contribution < -0.4 is 16.0 Å². The van der Waals surface area contributed by atoms with Crippen LogP contribution in [0.1, 0.15) is 25.7 Å². The number of nitrogens with zero attached hydrogens (tertiary/aromatic N) is 4. The standard InChI is InChI=1S/C25H26N6/c26-19-10-12-21-22-13-11-20(27)17-24(22)31(15-7-2-1-6-14-29-30-28)25(23(21)16-19)18-8-4-3-5-9-18/h3-5,8-13,16-17,27H,1-2,6-7,14-15,26H2/p+1. The Morgan fingerprint density at radius 1 is 0.774 bits per heavy atom. The lowest BCUT2D eigenvalue weighted by Gasteiger charge is -2.13. The summed E-state index contributed by atoms with van der Waals surface area (Å²) in [6, 6.07) is 22.7. The molecule has 0 bridgehead atoms. The van der Waals surface area contributed by atoms with E-state index >= 15 is 0 Å². The van der Waals surface area contributed by atoms with Gasteiger partial charge in [-0.2, -0.15) is 4.57 Å². The molecule has 4 aromatic rings. The smallest absolute Gasteiger partial charge is 0.220 e. The monoisotopic (exact) mass is 411 g/mol. The zero-order valence-electron chi connectivity index (χ0n) is 17.5. The molecule has 0 fully saturated rings. The Bertz CT molecular complexity index is 1260. The summed E-state index contributed by atoms with van der Waals surface area (Å²) in [5.41, 5.74) is 25.8. The number of azide groups is 1. The number of pyridine rings is 1. The van der Waals surface area contributed by atoms with Crippen molar-refractivity contribution in [2.45, 2.75) is 32.2 Å². The molecule has 0 saturated heterocycles. The molecule has 3 aromatic carbocycles. The van der Waals surface area contributed by atoms with Crippen LogP contribution in [0.3, 0.4) is 0 Å². The minimum absolute atomic E-state index is 0.563. The second kappa shape index (κ2) is 9.37. The molecule has 0 saturated carbocycles. The Hall–Kier alpha value is -3.76. The van der Waals surface area contributed by atoms with E-state index in [0.717, 1.165) is 65.8 Å². The van der Waals surface area contributed by atoms with Gasteiger partial charge in [0.15, 0.2) is 0 Å². The van der Waals surface area contributed by atoms with Crippen molar-refractivity contribution in [2.75, 3.05) is 18.0 Å². The van der Waals surface area contributed by atoms with Gasteiger partial charge in [-0.15, -0.1) is 0 Å². The van der Waals surface area contributed by atoms with E-state index in [9.17, 15) is 0 Å².